The number of nitrogens with zero attached hydrogens (tertiary/aromatic N) is 4. The van der Waals surface area contributed by atoms with Crippen LogP contribution in [0.5, 0.6) is 0 Å². The van der Waals surface area contributed by atoms with Gasteiger partial charge in [0.05, 0.1) is 0 Å². The SMILES string of the molecule is CC(C)(C)c1nnc(NC(=O)CCC(=O)N2CCN(c3ccc(F)cc3)CC2)s1. The molecule has 2 amide bonds. The minimum atomic E-state index is -0.260. The Morgan fingerprint density at radius 1 is 1.07 bits per heavy atom. The minimum Gasteiger partial charge on any atom is -0.368 e. The van der Waals surface area contributed by atoms with E-state index in [-0.39, 0.29) is 35.9 Å². The quantitative estimate of drug-likeness (QED) is 0.806. The van der Waals surface area contributed by atoms with E-state index < -0.39 is 0 Å². The Labute approximate surface area is 173 Å². The molecule has 1 saturated heterocycles. The number of anilines is 2. The zero-order valence-corrected chi connectivity index (χ0v) is 17.8. The minimum absolute atomic E-state index is 0.0356. The number of piperazine rings is 1. The van der Waals surface area contributed by atoms with Gasteiger partial charge in [-0.1, -0.05) is 32.1 Å². The molecule has 0 unspecified atom stereocenters. The molecule has 0 aliphatic carbocycles. The van der Waals surface area contributed by atoms with Gasteiger partial charge in [0, 0.05) is 50.1 Å². The predicted molar refractivity (Wildman–Crippen MR) is 112 cm³/mol. The number of amides is 2. The Balaban J connectivity index is 1.42. The van der Waals surface area contributed by atoms with Gasteiger partial charge in [-0.15, -0.1) is 10.2 Å². The molecule has 1 aromatic heterocycles. The van der Waals surface area contributed by atoms with E-state index in [9.17, 15) is 14.0 Å². The molecule has 2 heterocycles. The van der Waals surface area contributed by atoms with Gasteiger partial charge in [-0.2, -0.15) is 0 Å². The fourth-order valence-corrected chi connectivity index (χ4v) is 3.82. The van der Waals surface area contributed by atoms with Crippen LogP contribution in [0.3, 0.4) is 0 Å². The van der Waals surface area contributed by atoms with Gasteiger partial charge in [0.2, 0.25) is 16.9 Å². The van der Waals surface area contributed by atoms with Crippen LogP contribution in [0.4, 0.5) is 15.2 Å². The maximum atomic E-state index is 13.1. The molecule has 1 N–H and O–H groups in total. The summed E-state index contributed by atoms with van der Waals surface area (Å²) in [6, 6.07) is 6.37. The molecule has 9 heteroatoms. The fraction of sp³-hybridized carbons (Fsp3) is 0.500. The lowest BCUT2D eigenvalue weighted by atomic mass is 9.98. The second kappa shape index (κ2) is 8.86. The van der Waals surface area contributed by atoms with Crippen molar-refractivity contribution >= 4 is 34.0 Å². The summed E-state index contributed by atoms with van der Waals surface area (Å²) in [5, 5.41) is 12.1. The number of rotatable bonds is 5. The van der Waals surface area contributed by atoms with Crippen molar-refractivity contribution in [1.29, 1.82) is 0 Å². The highest BCUT2D eigenvalue weighted by atomic mass is 32.1. The van der Waals surface area contributed by atoms with E-state index in [1.54, 1.807) is 17.0 Å². The van der Waals surface area contributed by atoms with Crippen LogP contribution in [0.1, 0.15) is 38.6 Å². The first-order chi connectivity index (χ1) is 13.7. The smallest absolute Gasteiger partial charge is 0.226 e. The van der Waals surface area contributed by atoms with Gasteiger partial charge in [-0.25, -0.2) is 4.39 Å². The molecule has 1 aliphatic heterocycles. The molecule has 2 aromatic rings. The topological polar surface area (TPSA) is 78.4 Å². The zero-order valence-electron chi connectivity index (χ0n) is 16.9. The average molecular weight is 420 g/mol. The number of nitrogens with one attached hydrogen (secondary N) is 1. The lowest BCUT2D eigenvalue weighted by molar-refractivity contribution is -0.133. The van der Waals surface area contributed by atoms with Gasteiger partial charge in [0.15, 0.2) is 0 Å². The number of carbonyl (C=O) groups is 2. The standard InChI is InChI=1S/C20H26FN5O2S/c1-20(2,3)18-23-24-19(29-18)22-16(27)8-9-17(28)26-12-10-25(11-13-26)15-6-4-14(21)5-7-15/h4-7H,8-13H2,1-3H3,(H,22,24,27). The second-order valence-electron chi connectivity index (χ2n) is 8.05. The van der Waals surface area contributed by atoms with Crippen molar-refractivity contribution < 1.29 is 14.0 Å². The Morgan fingerprint density at radius 3 is 2.31 bits per heavy atom. The molecule has 0 bridgehead atoms. The Hall–Kier alpha value is -2.55. The van der Waals surface area contributed by atoms with Gasteiger partial charge in [0.25, 0.3) is 0 Å². The van der Waals surface area contributed by atoms with Gasteiger partial charge in [0.1, 0.15) is 10.8 Å². The van der Waals surface area contributed by atoms with E-state index in [4.69, 9.17) is 0 Å². The van der Waals surface area contributed by atoms with Crippen LogP contribution in [0.25, 0.3) is 0 Å². The Bertz CT molecular complexity index is 855. The first-order valence-corrected chi connectivity index (χ1v) is 10.5. The van der Waals surface area contributed by atoms with Crippen LogP contribution >= 0.6 is 11.3 Å². The summed E-state index contributed by atoms with van der Waals surface area (Å²) in [6.07, 6.45) is 0.273. The third kappa shape index (κ3) is 5.72. The highest BCUT2D eigenvalue weighted by Crippen LogP contribution is 2.27. The second-order valence-corrected chi connectivity index (χ2v) is 9.03. The molecule has 0 atom stereocenters. The molecule has 3 rings (SSSR count). The zero-order chi connectivity index (χ0) is 21.0. The first-order valence-electron chi connectivity index (χ1n) is 9.64. The lowest BCUT2D eigenvalue weighted by Gasteiger charge is -2.36. The van der Waals surface area contributed by atoms with Crippen molar-refractivity contribution in [2.45, 2.75) is 39.0 Å². The third-order valence-electron chi connectivity index (χ3n) is 4.70. The van der Waals surface area contributed by atoms with Crippen LogP contribution < -0.4 is 10.2 Å². The van der Waals surface area contributed by atoms with Crippen molar-refractivity contribution in [3.63, 3.8) is 0 Å². The monoisotopic (exact) mass is 419 g/mol. The molecule has 0 radical (unpaired) electrons. The van der Waals surface area contributed by atoms with Crippen LogP contribution in [0.15, 0.2) is 24.3 Å². The molecular weight excluding hydrogens is 393 g/mol. The molecule has 1 aliphatic rings. The van der Waals surface area contributed by atoms with Crippen molar-refractivity contribution in [2.24, 2.45) is 0 Å². The summed E-state index contributed by atoms with van der Waals surface area (Å²) in [5.41, 5.74) is 0.830. The van der Waals surface area contributed by atoms with Crippen LogP contribution in [-0.4, -0.2) is 53.1 Å². The predicted octanol–water partition coefficient (Wildman–Crippen LogP) is 3.04. The van der Waals surface area contributed by atoms with E-state index in [1.807, 2.05) is 20.8 Å². The normalized spacial score (nSPS) is 14.8. The Morgan fingerprint density at radius 2 is 1.72 bits per heavy atom. The van der Waals surface area contributed by atoms with Crippen LogP contribution in [0, 0.1) is 5.82 Å². The summed E-state index contributed by atoms with van der Waals surface area (Å²) in [5.74, 6) is -0.532. The van der Waals surface area contributed by atoms with Gasteiger partial charge in [-0.05, 0) is 24.3 Å². The maximum absolute atomic E-state index is 13.1. The average Bonchev–Trinajstić information content (AvgIpc) is 3.16. The van der Waals surface area contributed by atoms with Crippen LogP contribution in [-0.2, 0) is 15.0 Å². The van der Waals surface area contributed by atoms with Crippen LogP contribution in [0.2, 0.25) is 0 Å². The fourth-order valence-electron chi connectivity index (χ4n) is 3.00. The molecule has 156 valence electrons. The molecular formula is C20H26FN5O2S. The maximum Gasteiger partial charge on any atom is 0.226 e. The van der Waals surface area contributed by atoms with E-state index in [0.29, 0.717) is 31.3 Å². The highest BCUT2D eigenvalue weighted by molar-refractivity contribution is 7.15. The molecule has 7 nitrogen and oxygen atoms in total. The summed E-state index contributed by atoms with van der Waals surface area (Å²) in [7, 11) is 0. The summed E-state index contributed by atoms with van der Waals surface area (Å²) in [6.45, 7) is 8.65. The van der Waals surface area contributed by atoms with Gasteiger partial charge in [-0.3, -0.25) is 9.59 Å². The first kappa shape index (κ1) is 21.2. The highest BCUT2D eigenvalue weighted by Gasteiger charge is 2.23. The number of carbonyl (C=O) groups excluding carboxylic acids is 2. The number of hydrogen-bond acceptors (Lipinski definition) is 6. The summed E-state index contributed by atoms with van der Waals surface area (Å²) >= 11 is 1.35. The largest absolute Gasteiger partial charge is 0.368 e. The van der Waals surface area contributed by atoms with E-state index >= 15 is 0 Å². The molecule has 0 saturated carbocycles. The summed E-state index contributed by atoms with van der Waals surface area (Å²) in [4.78, 5) is 28.5. The van der Waals surface area contributed by atoms with Crippen molar-refractivity contribution in [2.75, 3.05) is 36.4 Å². The van der Waals surface area contributed by atoms with Crippen molar-refractivity contribution in [1.82, 2.24) is 15.1 Å². The number of hydrogen-bond donors (Lipinski definition) is 1. The number of halogens is 1. The Kier molecular flexibility index (Phi) is 6.46. The molecule has 29 heavy (non-hydrogen) atoms. The van der Waals surface area contributed by atoms with Crippen molar-refractivity contribution in [3.05, 3.63) is 35.1 Å². The molecule has 1 aromatic carbocycles. The van der Waals surface area contributed by atoms with Gasteiger partial charge >= 0.3 is 0 Å². The number of benzene rings is 1. The lowest BCUT2D eigenvalue weighted by Crippen LogP contribution is -2.48. The summed E-state index contributed by atoms with van der Waals surface area (Å²) < 4.78 is 13.1. The van der Waals surface area contributed by atoms with E-state index in [2.05, 4.69) is 20.4 Å². The number of aromatic nitrogens is 2. The van der Waals surface area contributed by atoms with Crippen molar-refractivity contribution in [3.8, 4) is 0 Å². The van der Waals surface area contributed by atoms with Gasteiger partial charge < -0.3 is 15.1 Å². The molecule has 0 spiro atoms. The molecule has 1 fully saturated rings. The third-order valence-corrected chi connectivity index (χ3v) is 5.97. The van der Waals surface area contributed by atoms with E-state index in [1.165, 1.54) is 23.5 Å². The van der Waals surface area contributed by atoms with E-state index in [0.717, 1.165) is 10.7 Å².